The number of rotatable bonds is 3. The Hall–Kier alpha value is -1.29. The molecule has 3 N–H and O–H groups in total. The maximum atomic E-state index is 10.9. The number of hydrazine groups is 1. The average Bonchev–Trinajstić information content (AvgIpc) is 2.56. The van der Waals surface area contributed by atoms with Crippen LogP contribution in [0.15, 0.2) is 24.5 Å². The molecule has 0 saturated heterocycles. The van der Waals surface area contributed by atoms with Crippen molar-refractivity contribution in [1.82, 2.24) is 9.99 Å². The number of carbonyl (C=O) groups excluding carboxylic acids is 1. The van der Waals surface area contributed by atoms with Crippen LogP contribution in [0.25, 0.3) is 0 Å². The van der Waals surface area contributed by atoms with Crippen molar-refractivity contribution in [1.29, 1.82) is 0 Å². The van der Waals surface area contributed by atoms with Gasteiger partial charge in [0.2, 0.25) is 5.91 Å². The van der Waals surface area contributed by atoms with Gasteiger partial charge in [0.1, 0.15) is 0 Å². The van der Waals surface area contributed by atoms with Crippen LogP contribution in [0.1, 0.15) is 19.4 Å². The summed E-state index contributed by atoms with van der Waals surface area (Å²) in [5.41, 5.74) is 2.11. The highest BCUT2D eigenvalue weighted by atomic mass is 16.2. The summed E-state index contributed by atoms with van der Waals surface area (Å²) in [7, 11) is 0. The largest absolute Gasteiger partial charge is 0.351 e. The van der Waals surface area contributed by atoms with Gasteiger partial charge >= 0.3 is 0 Å². The number of amides is 1. The molecular weight excluding hydrogens is 154 g/mol. The minimum absolute atomic E-state index is 0.142. The minimum atomic E-state index is -0.142. The molecule has 0 spiro atoms. The van der Waals surface area contributed by atoms with E-state index in [0.29, 0.717) is 6.42 Å². The van der Waals surface area contributed by atoms with Gasteiger partial charge in [0.15, 0.2) is 0 Å². The van der Waals surface area contributed by atoms with Crippen LogP contribution in [0.2, 0.25) is 0 Å². The normalized spacial score (nSPS) is 12.5. The lowest BCUT2D eigenvalue weighted by atomic mass is 10.2. The smallest absolute Gasteiger partial charge is 0.235 e. The van der Waals surface area contributed by atoms with E-state index in [4.69, 9.17) is 5.84 Å². The molecule has 0 aliphatic rings. The van der Waals surface area contributed by atoms with E-state index in [-0.39, 0.29) is 11.9 Å². The van der Waals surface area contributed by atoms with Crippen LogP contribution in [0.4, 0.5) is 0 Å². The number of nitrogens with two attached hydrogens (primary N) is 1. The fourth-order valence-corrected chi connectivity index (χ4v) is 1.07. The molecule has 1 atom stereocenters. The van der Waals surface area contributed by atoms with Crippen molar-refractivity contribution in [2.75, 3.05) is 0 Å². The molecule has 0 saturated carbocycles. The maximum absolute atomic E-state index is 10.9. The SMILES string of the molecule is CC(CC(=O)NN)n1cccc1. The van der Waals surface area contributed by atoms with Gasteiger partial charge in [-0.05, 0) is 19.1 Å². The zero-order valence-electron chi connectivity index (χ0n) is 7.03. The van der Waals surface area contributed by atoms with Crippen LogP contribution in [-0.2, 0) is 4.79 Å². The summed E-state index contributed by atoms with van der Waals surface area (Å²) in [6.45, 7) is 1.97. The summed E-state index contributed by atoms with van der Waals surface area (Å²) in [6, 6.07) is 4.01. The highest BCUT2D eigenvalue weighted by molar-refractivity contribution is 5.75. The zero-order valence-corrected chi connectivity index (χ0v) is 7.03. The summed E-state index contributed by atoms with van der Waals surface area (Å²) >= 11 is 0. The Labute approximate surface area is 71.3 Å². The van der Waals surface area contributed by atoms with Crippen molar-refractivity contribution >= 4 is 5.91 Å². The van der Waals surface area contributed by atoms with E-state index in [0.717, 1.165) is 0 Å². The van der Waals surface area contributed by atoms with Gasteiger partial charge in [-0.1, -0.05) is 0 Å². The van der Waals surface area contributed by atoms with E-state index < -0.39 is 0 Å². The Balaban J connectivity index is 2.49. The lowest BCUT2D eigenvalue weighted by molar-refractivity contribution is -0.121. The predicted molar refractivity (Wildman–Crippen MR) is 46.1 cm³/mol. The van der Waals surface area contributed by atoms with Crippen molar-refractivity contribution in [3.05, 3.63) is 24.5 Å². The van der Waals surface area contributed by atoms with Crippen molar-refractivity contribution < 1.29 is 4.79 Å². The zero-order chi connectivity index (χ0) is 8.97. The summed E-state index contributed by atoms with van der Waals surface area (Å²) < 4.78 is 1.97. The van der Waals surface area contributed by atoms with E-state index in [1.165, 1.54) is 0 Å². The molecule has 4 heteroatoms. The van der Waals surface area contributed by atoms with Gasteiger partial charge in [-0.25, -0.2) is 5.84 Å². The second kappa shape index (κ2) is 3.92. The molecule has 1 aromatic heterocycles. The Bertz CT molecular complexity index is 243. The van der Waals surface area contributed by atoms with Crippen LogP contribution in [-0.4, -0.2) is 10.5 Å². The van der Waals surface area contributed by atoms with E-state index >= 15 is 0 Å². The molecule has 1 aromatic rings. The van der Waals surface area contributed by atoms with Crippen LogP contribution in [0, 0.1) is 0 Å². The lowest BCUT2D eigenvalue weighted by Crippen LogP contribution is -2.31. The number of nitrogens with zero attached hydrogens (tertiary/aromatic N) is 1. The molecule has 0 radical (unpaired) electrons. The van der Waals surface area contributed by atoms with Crippen molar-refractivity contribution in [3.8, 4) is 0 Å². The van der Waals surface area contributed by atoms with Crippen LogP contribution in [0.3, 0.4) is 0 Å². The second-order valence-corrected chi connectivity index (χ2v) is 2.75. The third-order valence-corrected chi connectivity index (χ3v) is 1.78. The van der Waals surface area contributed by atoms with Crippen molar-refractivity contribution in [2.45, 2.75) is 19.4 Å². The molecule has 0 aromatic carbocycles. The van der Waals surface area contributed by atoms with Crippen LogP contribution >= 0.6 is 0 Å². The van der Waals surface area contributed by atoms with E-state index in [9.17, 15) is 4.79 Å². The molecule has 1 unspecified atom stereocenters. The molecule has 1 rings (SSSR count). The van der Waals surface area contributed by atoms with Gasteiger partial charge in [0, 0.05) is 24.9 Å². The highest BCUT2D eigenvalue weighted by Gasteiger charge is 2.07. The molecule has 0 aliphatic carbocycles. The predicted octanol–water partition coefficient (Wildman–Crippen LogP) is 0.429. The van der Waals surface area contributed by atoms with Crippen molar-refractivity contribution in [3.63, 3.8) is 0 Å². The highest BCUT2D eigenvalue weighted by Crippen LogP contribution is 2.09. The monoisotopic (exact) mass is 167 g/mol. The first kappa shape index (κ1) is 8.80. The minimum Gasteiger partial charge on any atom is -0.351 e. The summed E-state index contributed by atoms with van der Waals surface area (Å²) in [5.74, 6) is 4.82. The Morgan fingerprint density at radius 2 is 2.17 bits per heavy atom. The quantitative estimate of drug-likeness (QED) is 0.389. The summed E-state index contributed by atoms with van der Waals surface area (Å²) in [5, 5.41) is 0. The van der Waals surface area contributed by atoms with Gasteiger partial charge in [0.05, 0.1) is 0 Å². The van der Waals surface area contributed by atoms with Crippen LogP contribution in [0.5, 0.6) is 0 Å². The number of carbonyl (C=O) groups is 1. The Kier molecular flexibility index (Phi) is 2.88. The van der Waals surface area contributed by atoms with Gasteiger partial charge in [-0.3, -0.25) is 10.2 Å². The average molecular weight is 167 g/mol. The number of nitrogens with one attached hydrogen (secondary N) is 1. The van der Waals surface area contributed by atoms with E-state index in [2.05, 4.69) is 5.43 Å². The molecule has 0 aliphatic heterocycles. The molecule has 4 nitrogen and oxygen atoms in total. The third kappa shape index (κ3) is 2.10. The molecule has 0 bridgehead atoms. The molecule has 0 fully saturated rings. The fraction of sp³-hybridized carbons (Fsp3) is 0.375. The van der Waals surface area contributed by atoms with Gasteiger partial charge < -0.3 is 4.57 Å². The van der Waals surface area contributed by atoms with Crippen molar-refractivity contribution in [2.24, 2.45) is 5.84 Å². The maximum Gasteiger partial charge on any atom is 0.235 e. The first-order valence-electron chi connectivity index (χ1n) is 3.86. The molecule has 1 heterocycles. The Morgan fingerprint density at radius 1 is 1.58 bits per heavy atom. The number of hydrogen-bond donors (Lipinski definition) is 2. The molecule has 1 amide bonds. The molecular formula is C8H13N3O. The van der Waals surface area contributed by atoms with Gasteiger partial charge in [0.25, 0.3) is 0 Å². The number of aromatic nitrogens is 1. The molecule has 66 valence electrons. The first-order valence-corrected chi connectivity index (χ1v) is 3.86. The Morgan fingerprint density at radius 3 is 2.67 bits per heavy atom. The standard InChI is InChI=1S/C8H13N3O/c1-7(6-8(12)10-9)11-4-2-3-5-11/h2-5,7H,6,9H2,1H3,(H,10,12). The topological polar surface area (TPSA) is 60.1 Å². The summed E-state index contributed by atoms with van der Waals surface area (Å²) in [6.07, 6.45) is 4.26. The van der Waals surface area contributed by atoms with E-state index in [1.54, 1.807) is 0 Å². The van der Waals surface area contributed by atoms with Gasteiger partial charge in [-0.2, -0.15) is 0 Å². The lowest BCUT2D eigenvalue weighted by Gasteiger charge is -2.11. The van der Waals surface area contributed by atoms with E-state index in [1.807, 2.05) is 36.0 Å². The first-order chi connectivity index (χ1) is 5.74. The second-order valence-electron chi connectivity index (χ2n) is 2.75. The third-order valence-electron chi connectivity index (χ3n) is 1.78. The van der Waals surface area contributed by atoms with Crippen LogP contribution < -0.4 is 11.3 Å². The fourth-order valence-electron chi connectivity index (χ4n) is 1.07. The molecule has 12 heavy (non-hydrogen) atoms. The van der Waals surface area contributed by atoms with Gasteiger partial charge in [-0.15, -0.1) is 0 Å². The number of hydrogen-bond acceptors (Lipinski definition) is 2. The summed E-state index contributed by atoms with van der Waals surface area (Å²) in [4.78, 5) is 10.9.